The molecular weight excluding hydrogens is 1040 g/mol. The molecule has 0 heterocycles. The summed E-state index contributed by atoms with van der Waals surface area (Å²) in [5, 5.41) is 0. The van der Waals surface area contributed by atoms with Crippen LogP contribution in [-0.2, 0) is 32.7 Å². The highest BCUT2D eigenvalue weighted by Gasteiger charge is 2.27. The molecule has 0 bridgehead atoms. The summed E-state index contributed by atoms with van der Waals surface area (Å²) >= 11 is 0. The maximum absolute atomic E-state index is 12.9. The van der Waals surface area contributed by atoms with Gasteiger partial charge in [0.05, 0.1) is 27.7 Å². The summed E-state index contributed by atoms with van der Waals surface area (Å²) in [5.74, 6) is -0.782. The fraction of sp³-hybridized carbons (Fsp3) is 0.861. The van der Waals surface area contributed by atoms with E-state index in [2.05, 4.69) is 62.5 Å². The van der Waals surface area contributed by atoms with Gasteiger partial charge in [-0.05, 0) is 77.0 Å². The van der Waals surface area contributed by atoms with Crippen LogP contribution in [0.3, 0.4) is 0 Å². The second-order valence-electron chi connectivity index (χ2n) is 25.3. The molecule has 0 amide bonds. The van der Waals surface area contributed by atoms with Crippen LogP contribution in [0.5, 0.6) is 0 Å². The molecule has 0 aliphatic heterocycles. The fourth-order valence-corrected chi connectivity index (χ4v) is 11.1. The number of ether oxygens (including phenoxy) is 2. The number of phosphoric acid groups is 1. The first-order chi connectivity index (χ1) is 40.0. The van der Waals surface area contributed by atoms with Crippen LogP contribution in [0.4, 0.5) is 0 Å². The van der Waals surface area contributed by atoms with Crippen molar-refractivity contribution < 1.29 is 42.1 Å². The molecule has 2 atom stereocenters. The number of hydrogen-bond acceptors (Lipinski definition) is 7. The van der Waals surface area contributed by atoms with E-state index in [9.17, 15) is 19.0 Å². The van der Waals surface area contributed by atoms with Gasteiger partial charge in [0.2, 0.25) is 0 Å². The standard InChI is InChI=1S/C72H136NO8P/c1-6-8-10-12-14-16-18-20-22-24-26-28-30-31-32-33-34-35-36-37-38-39-40-41-43-45-47-49-51-53-55-57-59-61-63-65-72(75)81-70(69-80-82(76,77)79-67-66-73(3,4)5)68-78-71(74)64-62-60-58-56-54-52-50-48-46-44-42-29-27-25-23-21-19-17-15-13-11-9-7-2/h18-21,24-27,70H,6-17,22-23,28-69H2,1-5H3/p+1/b20-18-,21-19-,26-24-,27-25-. The highest BCUT2D eigenvalue weighted by atomic mass is 31.2. The Morgan fingerprint density at radius 1 is 0.378 bits per heavy atom. The lowest BCUT2D eigenvalue weighted by Crippen LogP contribution is -2.37. The Labute approximate surface area is 509 Å². The number of carbonyl (C=O) groups excluding carboxylic acids is 2. The van der Waals surface area contributed by atoms with Crippen LogP contribution in [0.15, 0.2) is 48.6 Å². The third-order valence-corrected chi connectivity index (χ3v) is 16.8. The predicted molar refractivity (Wildman–Crippen MR) is 353 cm³/mol. The lowest BCUT2D eigenvalue weighted by Gasteiger charge is -2.24. The lowest BCUT2D eigenvalue weighted by molar-refractivity contribution is -0.870. The summed E-state index contributed by atoms with van der Waals surface area (Å²) in [6.07, 6.45) is 82.2. The van der Waals surface area contributed by atoms with Crippen molar-refractivity contribution in [3.8, 4) is 0 Å². The largest absolute Gasteiger partial charge is 0.472 e. The van der Waals surface area contributed by atoms with Crippen LogP contribution in [0.25, 0.3) is 0 Å². The van der Waals surface area contributed by atoms with Gasteiger partial charge >= 0.3 is 19.8 Å². The van der Waals surface area contributed by atoms with E-state index in [-0.39, 0.29) is 32.0 Å². The number of hydrogen-bond donors (Lipinski definition) is 1. The number of likely N-dealkylation sites (N-methyl/N-ethyl adjacent to an activating group) is 1. The van der Waals surface area contributed by atoms with Gasteiger partial charge in [-0.15, -0.1) is 0 Å². The SMILES string of the molecule is CCCCCCC/C=C\C/C=C\CCCCCCCCCCCCCCCCCCCCCCCCCC(=O)OC(COC(=O)CCCCCCCCCCCCC/C=C\C/C=C\CCCCCCC)COP(=O)(O)OCC[N+](C)(C)C. The molecule has 482 valence electrons. The molecular formula is C72H137NO8P+. The van der Waals surface area contributed by atoms with Crippen molar-refractivity contribution in [3.63, 3.8) is 0 Å². The molecule has 0 aromatic heterocycles. The molecule has 0 saturated carbocycles. The van der Waals surface area contributed by atoms with Gasteiger partial charge in [-0.25, -0.2) is 4.57 Å². The van der Waals surface area contributed by atoms with Crippen LogP contribution in [0.2, 0.25) is 0 Å². The van der Waals surface area contributed by atoms with Crippen LogP contribution in [-0.4, -0.2) is 74.9 Å². The molecule has 0 aliphatic rings. The third-order valence-electron chi connectivity index (χ3n) is 15.8. The van der Waals surface area contributed by atoms with Gasteiger partial charge in [-0.1, -0.05) is 306 Å². The van der Waals surface area contributed by atoms with Crippen molar-refractivity contribution in [1.29, 1.82) is 0 Å². The summed E-state index contributed by atoms with van der Waals surface area (Å²) < 4.78 is 34.7. The smallest absolute Gasteiger partial charge is 0.462 e. The van der Waals surface area contributed by atoms with E-state index in [4.69, 9.17) is 18.5 Å². The van der Waals surface area contributed by atoms with Crippen molar-refractivity contribution >= 4 is 19.8 Å². The quantitative estimate of drug-likeness (QED) is 0.0211. The monoisotopic (exact) mass is 1180 g/mol. The Bertz CT molecular complexity index is 1520. The number of unbranched alkanes of at least 4 members (excludes halogenated alkanes) is 44. The molecule has 0 fully saturated rings. The number of allylic oxidation sites excluding steroid dienone is 8. The minimum Gasteiger partial charge on any atom is -0.462 e. The molecule has 0 spiro atoms. The van der Waals surface area contributed by atoms with Crippen LogP contribution in [0.1, 0.15) is 348 Å². The highest BCUT2D eigenvalue weighted by Crippen LogP contribution is 2.43. The molecule has 0 aliphatic carbocycles. The number of phosphoric ester groups is 1. The first kappa shape index (κ1) is 80.0. The van der Waals surface area contributed by atoms with Crippen LogP contribution >= 0.6 is 7.82 Å². The van der Waals surface area contributed by atoms with E-state index in [1.165, 1.54) is 270 Å². The summed E-state index contributed by atoms with van der Waals surface area (Å²) in [7, 11) is 1.49. The highest BCUT2D eigenvalue weighted by molar-refractivity contribution is 7.47. The molecule has 0 aromatic carbocycles. The molecule has 0 radical (unpaired) electrons. The van der Waals surface area contributed by atoms with E-state index >= 15 is 0 Å². The summed E-state index contributed by atoms with van der Waals surface area (Å²) in [5.41, 5.74) is 0. The number of nitrogens with zero attached hydrogens (tertiary/aromatic N) is 1. The first-order valence-corrected chi connectivity index (χ1v) is 36.9. The molecule has 0 aromatic rings. The van der Waals surface area contributed by atoms with Crippen LogP contribution < -0.4 is 0 Å². The summed E-state index contributed by atoms with van der Waals surface area (Å²) in [6.45, 7) is 4.47. The lowest BCUT2D eigenvalue weighted by atomic mass is 10.0. The fourth-order valence-electron chi connectivity index (χ4n) is 10.4. The average Bonchev–Trinajstić information content (AvgIpc) is 3.45. The number of esters is 2. The second kappa shape index (κ2) is 63.5. The maximum atomic E-state index is 12.9. The van der Waals surface area contributed by atoms with Crippen molar-refractivity contribution in [2.45, 2.75) is 354 Å². The van der Waals surface area contributed by atoms with E-state index < -0.39 is 26.5 Å². The van der Waals surface area contributed by atoms with Crippen molar-refractivity contribution in [2.24, 2.45) is 0 Å². The van der Waals surface area contributed by atoms with E-state index in [1.54, 1.807) is 0 Å². The van der Waals surface area contributed by atoms with Gasteiger partial charge < -0.3 is 18.9 Å². The van der Waals surface area contributed by atoms with Gasteiger partial charge in [-0.3, -0.25) is 18.6 Å². The molecule has 0 rings (SSSR count). The van der Waals surface area contributed by atoms with Gasteiger partial charge in [0, 0.05) is 12.8 Å². The Kier molecular flexibility index (Phi) is 61.9. The number of quaternary nitrogens is 1. The van der Waals surface area contributed by atoms with Crippen molar-refractivity contribution in [2.75, 3.05) is 47.5 Å². The van der Waals surface area contributed by atoms with Crippen molar-refractivity contribution in [3.05, 3.63) is 48.6 Å². The zero-order chi connectivity index (χ0) is 59.8. The Morgan fingerprint density at radius 3 is 0.963 bits per heavy atom. The summed E-state index contributed by atoms with van der Waals surface area (Å²) in [6, 6.07) is 0. The predicted octanol–water partition coefficient (Wildman–Crippen LogP) is 22.8. The average molecular weight is 1180 g/mol. The zero-order valence-electron chi connectivity index (χ0n) is 55.0. The Morgan fingerprint density at radius 2 is 0.659 bits per heavy atom. The van der Waals surface area contributed by atoms with E-state index in [0.717, 1.165) is 44.9 Å². The minimum atomic E-state index is -4.39. The molecule has 0 saturated heterocycles. The summed E-state index contributed by atoms with van der Waals surface area (Å²) in [4.78, 5) is 35.9. The van der Waals surface area contributed by atoms with Crippen molar-refractivity contribution in [1.82, 2.24) is 0 Å². The molecule has 10 heteroatoms. The van der Waals surface area contributed by atoms with Gasteiger partial charge in [-0.2, -0.15) is 0 Å². The number of rotatable bonds is 66. The molecule has 82 heavy (non-hydrogen) atoms. The molecule has 9 nitrogen and oxygen atoms in total. The second-order valence-corrected chi connectivity index (χ2v) is 26.7. The first-order valence-electron chi connectivity index (χ1n) is 35.4. The van der Waals surface area contributed by atoms with E-state index in [0.29, 0.717) is 17.4 Å². The normalized spacial score (nSPS) is 13.4. The van der Waals surface area contributed by atoms with Gasteiger partial charge in [0.15, 0.2) is 6.10 Å². The molecule has 1 N–H and O–H groups in total. The minimum absolute atomic E-state index is 0.0329. The topological polar surface area (TPSA) is 108 Å². The van der Waals surface area contributed by atoms with E-state index in [1.807, 2.05) is 21.1 Å². The van der Waals surface area contributed by atoms with Crippen LogP contribution in [0, 0.1) is 0 Å². The number of carbonyl (C=O) groups is 2. The van der Waals surface area contributed by atoms with Gasteiger partial charge in [0.25, 0.3) is 0 Å². The maximum Gasteiger partial charge on any atom is 0.472 e. The van der Waals surface area contributed by atoms with Gasteiger partial charge in [0.1, 0.15) is 19.8 Å². The zero-order valence-corrected chi connectivity index (χ0v) is 55.9. The molecule has 2 unspecified atom stereocenters. The Balaban J connectivity index is 3.97. The Hall–Kier alpha value is -2.03. The third kappa shape index (κ3) is 67.1.